The lowest BCUT2D eigenvalue weighted by Gasteiger charge is -2.19. The van der Waals surface area contributed by atoms with Gasteiger partial charge in [-0.15, -0.1) is 0 Å². The van der Waals surface area contributed by atoms with E-state index in [4.69, 9.17) is 14.7 Å². The van der Waals surface area contributed by atoms with E-state index in [1.165, 1.54) is 17.5 Å². The average molecular weight is 317 g/mol. The maximum atomic E-state index is 5.53. The van der Waals surface area contributed by atoms with Gasteiger partial charge in [0.15, 0.2) is 0 Å². The van der Waals surface area contributed by atoms with Crippen LogP contribution in [0.25, 0.3) is 22.3 Å². The van der Waals surface area contributed by atoms with E-state index in [-0.39, 0.29) is 0 Å². The van der Waals surface area contributed by atoms with E-state index in [2.05, 4.69) is 17.4 Å². The summed E-state index contributed by atoms with van der Waals surface area (Å²) in [5.41, 5.74) is 6.63. The van der Waals surface area contributed by atoms with Crippen LogP contribution in [0.15, 0.2) is 42.5 Å². The fourth-order valence-corrected chi connectivity index (χ4v) is 4.17. The number of piperidine rings is 1. The summed E-state index contributed by atoms with van der Waals surface area (Å²) in [5, 5.41) is 3.54. The maximum Gasteiger partial charge on any atom is 0.240 e. The Bertz CT molecular complexity index is 923. The molecule has 4 nitrogen and oxygen atoms in total. The van der Waals surface area contributed by atoms with Crippen molar-refractivity contribution in [1.82, 2.24) is 15.3 Å². The van der Waals surface area contributed by atoms with Gasteiger partial charge in [0.2, 0.25) is 5.88 Å². The van der Waals surface area contributed by atoms with Crippen LogP contribution >= 0.6 is 0 Å². The third kappa shape index (κ3) is 2.03. The number of aromatic nitrogens is 2. The normalized spacial score (nSPS) is 21.7. The van der Waals surface area contributed by atoms with Gasteiger partial charge in [-0.05, 0) is 41.5 Å². The second kappa shape index (κ2) is 5.28. The van der Waals surface area contributed by atoms with Gasteiger partial charge in [-0.25, -0.2) is 9.97 Å². The zero-order valence-corrected chi connectivity index (χ0v) is 13.6. The third-order valence-corrected chi connectivity index (χ3v) is 5.31. The summed E-state index contributed by atoms with van der Waals surface area (Å²) in [7, 11) is 1.66. The Morgan fingerprint density at radius 1 is 0.958 bits per heavy atom. The van der Waals surface area contributed by atoms with Crippen molar-refractivity contribution in [2.45, 2.75) is 18.3 Å². The molecule has 0 spiro atoms. The Labute approximate surface area is 140 Å². The van der Waals surface area contributed by atoms with Crippen molar-refractivity contribution in [2.75, 3.05) is 20.2 Å². The summed E-state index contributed by atoms with van der Waals surface area (Å²) in [6.45, 7) is 2.14. The first-order chi connectivity index (χ1) is 11.8. The Morgan fingerprint density at radius 2 is 1.62 bits per heavy atom. The molecule has 2 aliphatic rings. The van der Waals surface area contributed by atoms with E-state index >= 15 is 0 Å². The largest absolute Gasteiger partial charge is 0.479 e. The number of hydrogen-bond donors (Lipinski definition) is 1. The van der Waals surface area contributed by atoms with Crippen molar-refractivity contribution in [1.29, 1.82) is 0 Å². The van der Waals surface area contributed by atoms with Crippen LogP contribution in [-0.4, -0.2) is 30.2 Å². The highest BCUT2D eigenvalue weighted by molar-refractivity contribution is 5.82. The average Bonchev–Trinajstić information content (AvgIpc) is 2.89. The van der Waals surface area contributed by atoms with Crippen molar-refractivity contribution >= 4 is 11.0 Å². The van der Waals surface area contributed by atoms with Crippen LogP contribution in [0, 0.1) is 0 Å². The van der Waals surface area contributed by atoms with Gasteiger partial charge in [0.1, 0.15) is 5.69 Å². The molecule has 2 bridgehead atoms. The Morgan fingerprint density at radius 3 is 2.29 bits per heavy atom. The third-order valence-electron chi connectivity index (χ3n) is 5.31. The number of methoxy groups -OCH3 is 1. The lowest BCUT2D eigenvalue weighted by Crippen LogP contribution is -2.28. The molecule has 3 aromatic rings. The number of nitrogens with one attached hydrogen (secondary N) is 1. The molecule has 4 heteroatoms. The highest BCUT2D eigenvalue weighted by atomic mass is 16.5. The summed E-state index contributed by atoms with van der Waals surface area (Å²) >= 11 is 0. The highest BCUT2D eigenvalue weighted by Crippen LogP contribution is 2.45. The molecule has 0 saturated carbocycles. The predicted octanol–water partition coefficient (Wildman–Crippen LogP) is 3.48. The predicted molar refractivity (Wildman–Crippen MR) is 94.5 cm³/mol. The van der Waals surface area contributed by atoms with E-state index in [1.54, 1.807) is 7.11 Å². The van der Waals surface area contributed by atoms with E-state index in [1.807, 2.05) is 30.3 Å². The Hall–Kier alpha value is -2.46. The molecule has 0 radical (unpaired) electrons. The van der Waals surface area contributed by atoms with Gasteiger partial charge in [0.05, 0.1) is 18.1 Å². The number of rotatable bonds is 2. The molecule has 2 aromatic carbocycles. The van der Waals surface area contributed by atoms with E-state index in [0.717, 1.165) is 35.4 Å². The molecule has 1 saturated heterocycles. The minimum atomic E-state index is 0.591. The molecular weight excluding hydrogens is 298 g/mol. The van der Waals surface area contributed by atoms with Gasteiger partial charge in [0, 0.05) is 18.7 Å². The summed E-state index contributed by atoms with van der Waals surface area (Å²) in [5.74, 6) is 1.82. The molecule has 0 amide bonds. The van der Waals surface area contributed by atoms with E-state index < -0.39 is 0 Å². The van der Waals surface area contributed by atoms with Crippen molar-refractivity contribution in [3.05, 3.63) is 53.6 Å². The van der Waals surface area contributed by atoms with Gasteiger partial charge in [-0.3, -0.25) is 0 Å². The van der Waals surface area contributed by atoms with Gasteiger partial charge < -0.3 is 10.1 Å². The van der Waals surface area contributed by atoms with Crippen LogP contribution in [0.5, 0.6) is 5.88 Å². The zero-order chi connectivity index (χ0) is 16.1. The van der Waals surface area contributed by atoms with Crippen molar-refractivity contribution < 1.29 is 4.74 Å². The summed E-state index contributed by atoms with van der Waals surface area (Å²) in [4.78, 5) is 9.66. The second-order valence-electron chi connectivity index (χ2n) is 6.71. The molecule has 1 N–H and O–H groups in total. The number of ether oxygens (including phenoxy) is 1. The first-order valence-corrected chi connectivity index (χ1v) is 8.49. The quantitative estimate of drug-likeness (QED) is 0.786. The summed E-state index contributed by atoms with van der Waals surface area (Å²) in [6.07, 6.45) is 1.25. The Kier molecular flexibility index (Phi) is 3.06. The number of benzene rings is 2. The van der Waals surface area contributed by atoms with Crippen molar-refractivity contribution in [3.8, 4) is 17.1 Å². The first kappa shape index (κ1) is 13.9. The summed E-state index contributed by atoms with van der Waals surface area (Å²) < 4.78 is 5.53. The molecule has 2 unspecified atom stereocenters. The SMILES string of the molecule is COc1nc2cc3c(cc2nc1-c1ccccc1)C1CNCC3C1. The highest BCUT2D eigenvalue weighted by Gasteiger charge is 2.34. The number of nitrogens with zero attached hydrogens (tertiary/aromatic N) is 2. The van der Waals surface area contributed by atoms with Gasteiger partial charge in [0.25, 0.3) is 0 Å². The molecule has 24 heavy (non-hydrogen) atoms. The van der Waals surface area contributed by atoms with Gasteiger partial charge in [-0.2, -0.15) is 0 Å². The standard InChI is InChI=1S/C20H19N3O/c1-24-20-19(12-5-3-2-4-6-12)22-17-8-15-13-7-14(11-21-10-13)16(15)9-18(17)23-20/h2-6,8-9,13-14,21H,7,10-11H2,1H3. The first-order valence-electron chi connectivity index (χ1n) is 8.49. The van der Waals surface area contributed by atoms with Crippen LogP contribution in [0.3, 0.4) is 0 Å². The van der Waals surface area contributed by atoms with E-state index in [9.17, 15) is 0 Å². The van der Waals surface area contributed by atoms with Crippen LogP contribution in [0.2, 0.25) is 0 Å². The van der Waals surface area contributed by atoms with Crippen LogP contribution in [0.1, 0.15) is 29.4 Å². The maximum absolute atomic E-state index is 5.53. The van der Waals surface area contributed by atoms with Crippen LogP contribution in [0.4, 0.5) is 0 Å². The van der Waals surface area contributed by atoms with Crippen molar-refractivity contribution in [2.24, 2.45) is 0 Å². The minimum absolute atomic E-state index is 0.591. The molecule has 1 aliphatic carbocycles. The Balaban J connectivity index is 1.73. The van der Waals surface area contributed by atoms with Crippen molar-refractivity contribution in [3.63, 3.8) is 0 Å². The minimum Gasteiger partial charge on any atom is -0.479 e. The lowest BCUT2D eigenvalue weighted by atomic mass is 9.98. The lowest BCUT2D eigenvalue weighted by molar-refractivity contribution is 0.400. The second-order valence-corrected chi connectivity index (χ2v) is 6.71. The van der Waals surface area contributed by atoms with Gasteiger partial charge in [-0.1, -0.05) is 30.3 Å². The van der Waals surface area contributed by atoms with Crippen LogP contribution in [-0.2, 0) is 0 Å². The molecule has 5 rings (SSSR count). The van der Waals surface area contributed by atoms with Crippen LogP contribution < -0.4 is 10.1 Å². The van der Waals surface area contributed by atoms with E-state index in [0.29, 0.717) is 17.7 Å². The molecule has 1 aromatic heterocycles. The molecule has 2 atom stereocenters. The molecule has 1 aliphatic heterocycles. The fourth-order valence-electron chi connectivity index (χ4n) is 4.17. The molecule has 120 valence electrons. The fraction of sp³-hybridized carbons (Fsp3) is 0.300. The summed E-state index contributed by atoms with van der Waals surface area (Å²) in [6, 6.07) is 14.6. The number of fused-ring (bicyclic) bond motifs is 6. The van der Waals surface area contributed by atoms with Gasteiger partial charge >= 0.3 is 0 Å². The molecular formula is C20H19N3O. The smallest absolute Gasteiger partial charge is 0.240 e. The zero-order valence-electron chi connectivity index (χ0n) is 13.6. The molecule has 1 fully saturated rings. The number of hydrogen-bond acceptors (Lipinski definition) is 4. The topological polar surface area (TPSA) is 47.0 Å². The monoisotopic (exact) mass is 317 g/mol. The molecule has 2 heterocycles.